The van der Waals surface area contributed by atoms with Crippen molar-refractivity contribution in [2.75, 3.05) is 6.54 Å². The van der Waals surface area contributed by atoms with Crippen LogP contribution in [0.1, 0.15) is 43.4 Å². The van der Waals surface area contributed by atoms with E-state index in [4.69, 9.17) is 9.52 Å². The van der Waals surface area contributed by atoms with Gasteiger partial charge in [0.2, 0.25) is 0 Å². The maximum atomic E-state index is 13.7. The molecule has 2 fully saturated rings. The Bertz CT molecular complexity index is 1030. The normalized spacial score (nSPS) is 23.6. The van der Waals surface area contributed by atoms with E-state index in [1.54, 1.807) is 10.7 Å². The lowest BCUT2D eigenvalue weighted by Gasteiger charge is -2.21. The van der Waals surface area contributed by atoms with Crippen LogP contribution in [0.2, 0.25) is 0 Å². The minimum atomic E-state index is -0.277. The molecule has 0 radical (unpaired) electrons. The predicted molar refractivity (Wildman–Crippen MR) is 118 cm³/mol. The zero-order valence-electron chi connectivity index (χ0n) is 17.9. The lowest BCUT2D eigenvalue weighted by Crippen LogP contribution is -2.40. The third-order valence-electron chi connectivity index (χ3n) is 6.56. The van der Waals surface area contributed by atoms with Gasteiger partial charge in [-0.3, -0.25) is 10.9 Å². The highest BCUT2D eigenvalue weighted by Gasteiger charge is 2.35. The standard InChI is InChI=1S/C24H30FN5O/c1-16-10-11-23(31-16)24-17(15-30(29-24)19-7-5-6-18(25)12-19)13-26-14-22-20-8-3-2-4-9-21(20)27-28-22/h5-7,10-12,15,20-22,26-28H,2-4,8-9,13-14H2,1H3. The van der Waals surface area contributed by atoms with Gasteiger partial charge in [-0.25, -0.2) is 9.07 Å². The quantitative estimate of drug-likeness (QED) is 0.557. The molecule has 2 aliphatic rings. The first-order valence-electron chi connectivity index (χ1n) is 11.3. The van der Waals surface area contributed by atoms with Crippen molar-refractivity contribution in [3.8, 4) is 17.1 Å². The fraction of sp³-hybridized carbons (Fsp3) is 0.458. The Labute approximate surface area is 182 Å². The van der Waals surface area contributed by atoms with Crippen molar-refractivity contribution in [1.82, 2.24) is 25.9 Å². The monoisotopic (exact) mass is 423 g/mol. The molecule has 164 valence electrons. The van der Waals surface area contributed by atoms with E-state index in [0.717, 1.165) is 29.3 Å². The van der Waals surface area contributed by atoms with E-state index in [0.29, 0.717) is 30.2 Å². The molecule has 3 atom stereocenters. The van der Waals surface area contributed by atoms with E-state index in [9.17, 15) is 4.39 Å². The second-order valence-electron chi connectivity index (χ2n) is 8.77. The van der Waals surface area contributed by atoms with Crippen molar-refractivity contribution in [2.24, 2.45) is 5.92 Å². The fourth-order valence-electron chi connectivity index (χ4n) is 4.94. The minimum absolute atomic E-state index is 0.277. The summed E-state index contributed by atoms with van der Waals surface area (Å²) in [5, 5.41) is 8.34. The maximum absolute atomic E-state index is 13.7. The summed E-state index contributed by atoms with van der Waals surface area (Å²) in [6.45, 7) is 3.48. The van der Waals surface area contributed by atoms with Crippen LogP contribution in [-0.2, 0) is 6.54 Å². The van der Waals surface area contributed by atoms with E-state index in [2.05, 4.69) is 16.2 Å². The number of aromatic nitrogens is 2. The van der Waals surface area contributed by atoms with E-state index in [-0.39, 0.29) is 5.82 Å². The van der Waals surface area contributed by atoms with E-state index in [1.165, 1.54) is 44.2 Å². The summed E-state index contributed by atoms with van der Waals surface area (Å²) in [4.78, 5) is 0. The highest BCUT2D eigenvalue weighted by Crippen LogP contribution is 2.29. The summed E-state index contributed by atoms with van der Waals surface area (Å²) >= 11 is 0. The number of nitrogens with one attached hydrogen (secondary N) is 3. The first kappa shape index (κ1) is 20.4. The largest absolute Gasteiger partial charge is 0.460 e. The second kappa shape index (κ2) is 8.94. The van der Waals surface area contributed by atoms with E-state index in [1.807, 2.05) is 31.3 Å². The van der Waals surface area contributed by atoms with Gasteiger partial charge < -0.3 is 9.73 Å². The number of rotatable bonds is 6. The fourth-order valence-corrected chi connectivity index (χ4v) is 4.94. The summed E-state index contributed by atoms with van der Waals surface area (Å²) in [5.41, 5.74) is 9.53. The number of furan rings is 1. The summed E-state index contributed by atoms with van der Waals surface area (Å²) in [5.74, 6) is 1.97. The van der Waals surface area contributed by atoms with Crippen molar-refractivity contribution >= 4 is 0 Å². The number of halogens is 1. The number of aryl methyl sites for hydroxylation is 1. The van der Waals surface area contributed by atoms with Gasteiger partial charge >= 0.3 is 0 Å². The third-order valence-corrected chi connectivity index (χ3v) is 6.56. The molecular formula is C24H30FN5O. The zero-order valence-corrected chi connectivity index (χ0v) is 17.9. The van der Waals surface area contributed by atoms with Gasteiger partial charge in [-0.1, -0.05) is 25.3 Å². The van der Waals surface area contributed by atoms with Crippen LogP contribution in [0, 0.1) is 18.7 Å². The van der Waals surface area contributed by atoms with Gasteiger partial charge in [0.1, 0.15) is 17.3 Å². The van der Waals surface area contributed by atoms with Crippen LogP contribution in [0.3, 0.4) is 0 Å². The highest BCUT2D eigenvalue weighted by molar-refractivity contribution is 5.57. The van der Waals surface area contributed by atoms with Crippen LogP contribution in [0.4, 0.5) is 4.39 Å². The molecule has 1 saturated heterocycles. The van der Waals surface area contributed by atoms with Crippen LogP contribution in [0.5, 0.6) is 0 Å². The summed E-state index contributed by atoms with van der Waals surface area (Å²) < 4.78 is 21.3. The Kier molecular flexibility index (Phi) is 5.89. The average molecular weight is 424 g/mol. The van der Waals surface area contributed by atoms with Gasteiger partial charge in [0.05, 0.1) is 5.69 Å². The van der Waals surface area contributed by atoms with Gasteiger partial charge in [0.25, 0.3) is 0 Å². The van der Waals surface area contributed by atoms with E-state index >= 15 is 0 Å². The lowest BCUT2D eigenvalue weighted by atomic mass is 9.90. The summed E-state index contributed by atoms with van der Waals surface area (Å²) in [6, 6.07) is 11.4. The number of benzene rings is 1. The molecule has 0 spiro atoms. The van der Waals surface area contributed by atoms with Crippen molar-refractivity contribution in [3.63, 3.8) is 0 Å². The number of hydrazine groups is 1. The average Bonchev–Trinajstić information content (AvgIpc) is 3.43. The molecule has 3 unspecified atom stereocenters. The number of fused-ring (bicyclic) bond motifs is 1. The van der Waals surface area contributed by atoms with Gasteiger partial charge in [0, 0.05) is 36.9 Å². The molecule has 3 N–H and O–H groups in total. The smallest absolute Gasteiger partial charge is 0.154 e. The number of nitrogens with zero attached hydrogens (tertiary/aromatic N) is 2. The minimum Gasteiger partial charge on any atom is -0.460 e. The Balaban J connectivity index is 1.33. The molecule has 1 aromatic carbocycles. The molecule has 3 aromatic rings. The molecule has 0 bridgehead atoms. The Hall–Kier alpha value is -2.48. The zero-order chi connectivity index (χ0) is 21.2. The first-order valence-corrected chi connectivity index (χ1v) is 11.3. The van der Waals surface area contributed by atoms with Gasteiger partial charge in [0.15, 0.2) is 5.76 Å². The molecule has 0 amide bonds. The van der Waals surface area contributed by atoms with Gasteiger partial charge in [-0.05, 0) is 56.0 Å². The molecule has 2 aromatic heterocycles. The van der Waals surface area contributed by atoms with Crippen molar-refractivity contribution in [3.05, 3.63) is 59.7 Å². The Morgan fingerprint density at radius 3 is 2.90 bits per heavy atom. The molecule has 7 heteroatoms. The Morgan fingerprint density at radius 1 is 1.16 bits per heavy atom. The molecule has 5 rings (SSSR count). The molecular weight excluding hydrogens is 393 g/mol. The van der Waals surface area contributed by atoms with Gasteiger partial charge in [-0.15, -0.1) is 0 Å². The molecule has 1 aliphatic heterocycles. The third kappa shape index (κ3) is 4.44. The molecule has 1 saturated carbocycles. The number of hydrogen-bond donors (Lipinski definition) is 3. The van der Waals surface area contributed by atoms with Crippen LogP contribution in [0.15, 0.2) is 47.0 Å². The molecule has 3 heterocycles. The van der Waals surface area contributed by atoms with Gasteiger partial charge in [-0.2, -0.15) is 5.10 Å². The molecule has 1 aliphatic carbocycles. The summed E-state index contributed by atoms with van der Waals surface area (Å²) in [7, 11) is 0. The summed E-state index contributed by atoms with van der Waals surface area (Å²) in [6.07, 6.45) is 8.50. The van der Waals surface area contributed by atoms with Crippen LogP contribution in [0.25, 0.3) is 17.1 Å². The first-order chi connectivity index (χ1) is 15.2. The van der Waals surface area contributed by atoms with Crippen LogP contribution < -0.4 is 16.2 Å². The van der Waals surface area contributed by atoms with Crippen molar-refractivity contribution in [1.29, 1.82) is 0 Å². The number of hydrogen-bond acceptors (Lipinski definition) is 5. The predicted octanol–water partition coefficient (Wildman–Crippen LogP) is 4.09. The highest BCUT2D eigenvalue weighted by atomic mass is 19.1. The second-order valence-corrected chi connectivity index (χ2v) is 8.77. The van der Waals surface area contributed by atoms with E-state index < -0.39 is 0 Å². The van der Waals surface area contributed by atoms with Crippen LogP contribution >= 0.6 is 0 Å². The van der Waals surface area contributed by atoms with Crippen molar-refractivity contribution < 1.29 is 8.81 Å². The Morgan fingerprint density at radius 2 is 2.06 bits per heavy atom. The maximum Gasteiger partial charge on any atom is 0.154 e. The SMILES string of the molecule is Cc1ccc(-c2nn(-c3cccc(F)c3)cc2CNCC2NNC3CCCCCC32)o1. The topological polar surface area (TPSA) is 67.1 Å². The molecule has 6 nitrogen and oxygen atoms in total. The molecule has 31 heavy (non-hydrogen) atoms. The van der Waals surface area contributed by atoms with Crippen LogP contribution in [-0.4, -0.2) is 28.4 Å². The van der Waals surface area contributed by atoms with Crippen molar-refractivity contribution in [2.45, 2.75) is 57.7 Å². The lowest BCUT2D eigenvalue weighted by molar-refractivity contribution is 0.374.